The zero-order valence-electron chi connectivity index (χ0n) is 15.3. The molecule has 0 amide bonds. The van der Waals surface area contributed by atoms with Gasteiger partial charge in [-0.1, -0.05) is 50.1 Å². The molecule has 1 atom stereocenters. The van der Waals surface area contributed by atoms with E-state index in [-0.39, 0.29) is 0 Å². The van der Waals surface area contributed by atoms with Crippen LogP contribution in [0.25, 0.3) is 5.57 Å². The van der Waals surface area contributed by atoms with Gasteiger partial charge < -0.3 is 4.74 Å². The molecule has 3 heteroatoms. The zero-order chi connectivity index (χ0) is 18.4. The predicted octanol–water partition coefficient (Wildman–Crippen LogP) is 6.88. The van der Waals surface area contributed by atoms with Crippen LogP contribution in [0.4, 0.5) is 8.78 Å². The van der Waals surface area contributed by atoms with E-state index in [0.29, 0.717) is 11.5 Å². The SMILES string of the molecule is CCCCCOc1ccc(C2CC=C(c3cccc(F)c3F)CC2)cc1. The molecule has 1 aliphatic carbocycles. The molecule has 26 heavy (non-hydrogen) atoms. The van der Waals surface area contributed by atoms with E-state index in [4.69, 9.17) is 4.74 Å². The molecule has 0 heterocycles. The Kier molecular flexibility index (Phi) is 6.43. The standard InChI is InChI=1S/C23H26F2O/c1-2-3-4-16-26-20-14-12-18(13-15-20)17-8-10-19(11-9-17)21-6-5-7-22(24)23(21)25/h5-7,10,12-15,17H,2-4,8-9,11,16H2,1H3. The van der Waals surface area contributed by atoms with E-state index in [1.54, 1.807) is 12.1 Å². The number of halogens is 2. The van der Waals surface area contributed by atoms with Crippen LogP contribution in [0.2, 0.25) is 0 Å². The second-order valence-corrected chi connectivity index (χ2v) is 6.93. The summed E-state index contributed by atoms with van der Waals surface area (Å²) in [6.07, 6.45) is 8.09. The molecule has 0 spiro atoms. The Morgan fingerprint density at radius 2 is 1.85 bits per heavy atom. The van der Waals surface area contributed by atoms with Crippen molar-refractivity contribution >= 4 is 5.57 Å². The van der Waals surface area contributed by atoms with E-state index < -0.39 is 11.6 Å². The minimum Gasteiger partial charge on any atom is -0.494 e. The molecule has 1 unspecified atom stereocenters. The van der Waals surface area contributed by atoms with Crippen LogP contribution in [-0.2, 0) is 0 Å². The molecule has 1 nitrogen and oxygen atoms in total. The van der Waals surface area contributed by atoms with Crippen molar-refractivity contribution in [3.63, 3.8) is 0 Å². The van der Waals surface area contributed by atoms with Crippen molar-refractivity contribution in [2.24, 2.45) is 0 Å². The maximum Gasteiger partial charge on any atom is 0.166 e. The monoisotopic (exact) mass is 356 g/mol. The topological polar surface area (TPSA) is 9.23 Å². The molecule has 3 rings (SSSR count). The van der Waals surface area contributed by atoms with Gasteiger partial charge in [0.1, 0.15) is 5.75 Å². The lowest BCUT2D eigenvalue weighted by molar-refractivity contribution is 0.306. The van der Waals surface area contributed by atoms with Gasteiger partial charge in [0.05, 0.1) is 6.61 Å². The molecule has 0 radical (unpaired) electrons. The van der Waals surface area contributed by atoms with Crippen molar-refractivity contribution < 1.29 is 13.5 Å². The summed E-state index contributed by atoms with van der Waals surface area (Å²) in [5.41, 5.74) is 2.59. The third kappa shape index (κ3) is 4.51. The molecule has 1 aliphatic rings. The van der Waals surface area contributed by atoms with Gasteiger partial charge in [-0.3, -0.25) is 0 Å². The average Bonchev–Trinajstić information content (AvgIpc) is 2.68. The molecule has 138 valence electrons. The predicted molar refractivity (Wildman–Crippen MR) is 102 cm³/mol. The second kappa shape index (κ2) is 8.98. The van der Waals surface area contributed by atoms with E-state index in [1.807, 2.05) is 12.1 Å². The largest absolute Gasteiger partial charge is 0.494 e. The average molecular weight is 356 g/mol. The molecule has 2 aromatic carbocycles. The van der Waals surface area contributed by atoms with Crippen molar-refractivity contribution in [1.82, 2.24) is 0 Å². The van der Waals surface area contributed by atoms with Gasteiger partial charge in [-0.15, -0.1) is 0 Å². The first kappa shape index (κ1) is 18.6. The molecule has 0 aromatic heterocycles. The first-order valence-electron chi connectivity index (χ1n) is 9.55. The van der Waals surface area contributed by atoms with Crippen LogP contribution in [0.5, 0.6) is 5.75 Å². The molecule has 0 fully saturated rings. The van der Waals surface area contributed by atoms with Crippen LogP contribution in [0, 0.1) is 11.6 Å². The van der Waals surface area contributed by atoms with Crippen LogP contribution >= 0.6 is 0 Å². The summed E-state index contributed by atoms with van der Waals surface area (Å²) in [5.74, 6) is -0.176. The minimum absolute atomic E-state index is 0.402. The molecule has 0 aliphatic heterocycles. The van der Waals surface area contributed by atoms with Crippen molar-refractivity contribution in [1.29, 1.82) is 0 Å². The molecule has 0 N–H and O–H groups in total. The number of benzene rings is 2. The van der Waals surface area contributed by atoms with Gasteiger partial charge >= 0.3 is 0 Å². The second-order valence-electron chi connectivity index (χ2n) is 6.93. The van der Waals surface area contributed by atoms with Crippen molar-refractivity contribution in [3.05, 3.63) is 71.3 Å². The highest BCUT2D eigenvalue weighted by Crippen LogP contribution is 2.37. The lowest BCUT2D eigenvalue weighted by Crippen LogP contribution is -2.05. The first-order valence-corrected chi connectivity index (χ1v) is 9.55. The van der Waals surface area contributed by atoms with Gasteiger partial charge in [-0.25, -0.2) is 8.78 Å². The molecule has 0 saturated heterocycles. The number of hydrogen-bond donors (Lipinski definition) is 0. The van der Waals surface area contributed by atoms with E-state index >= 15 is 0 Å². The highest BCUT2D eigenvalue weighted by molar-refractivity contribution is 5.67. The van der Waals surface area contributed by atoms with Crippen molar-refractivity contribution in [2.75, 3.05) is 6.61 Å². The highest BCUT2D eigenvalue weighted by atomic mass is 19.2. The fourth-order valence-corrected chi connectivity index (χ4v) is 3.51. The first-order chi connectivity index (χ1) is 12.7. The lowest BCUT2D eigenvalue weighted by atomic mass is 9.82. The Labute approximate surface area is 154 Å². The van der Waals surface area contributed by atoms with Crippen LogP contribution in [-0.4, -0.2) is 6.61 Å². The molecular weight excluding hydrogens is 330 g/mol. The van der Waals surface area contributed by atoms with Gasteiger partial charge in [0.25, 0.3) is 0 Å². The summed E-state index contributed by atoms with van der Waals surface area (Å²) in [7, 11) is 0. The Morgan fingerprint density at radius 1 is 1.04 bits per heavy atom. The number of allylic oxidation sites excluding steroid dienone is 2. The number of rotatable bonds is 7. The van der Waals surface area contributed by atoms with Crippen LogP contribution in [0.3, 0.4) is 0 Å². The molecule has 0 bridgehead atoms. The van der Waals surface area contributed by atoms with Gasteiger partial charge in [-0.2, -0.15) is 0 Å². The van der Waals surface area contributed by atoms with E-state index in [0.717, 1.165) is 49.7 Å². The zero-order valence-corrected chi connectivity index (χ0v) is 15.3. The number of hydrogen-bond acceptors (Lipinski definition) is 1. The van der Waals surface area contributed by atoms with Crippen LogP contribution in [0.15, 0.2) is 48.5 Å². The number of ether oxygens (including phenoxy) is 1. The normalized spacial score (nSPS) is 17.0. The molecule has 2 aromatic rings. The summed E-state index contributed by atoms with van der Waals surface area (Å²) in [6.45, 7) is 2.95. The summed E-state index contributed by atoms with van der Waals surface area (Å²) in [4.78, 5) is 0. The summed E-state index contributed by atoms with van der Waals surface area (Å²) in [5, 5.41) is 0. The fraction of sp³-hybridized carbons (Fsp3) is 0.391. The smallest absolute Gasteiger partial charge is 0.166 e. The van der Waals surface area contributed by atoms with Crippen molar-refractivity contribution in [3.8, 4) is 5.75 Å². The van der Waals surface area contributed by atoms with Crippen LogP contribution < -0.4 is 4.74 Å². The van der Waals surface area contributed by atoms with Gasteiger partial charge in [-0.05, 0) is 60.9 Å². The Balaban J connectivity index is 1.60. The van der Waals surface area contributed by atoms with E-state index in [2.05, 4.69) is 25.1 Å². The summed E-state index contributed by atoms with van der Waals surface area (Å²) >= 11 is 0. The maximum atomic E-state index is 14.0. The van der Waals surface area contributed by atoms with Crippen LogP contribution in [0.1, 0.15) is 62.5 Å². The van der Waals surface area contributed by atoms with Crippen molar-refractivity contribution in [2.45, 2.75) is 51.4 Å². The Morgan fingerprint density at radius 3 is 2.54 bits per heavy atom. The van der Waals surface area contributed by atoms with Gasteiger partial charge in [0, 0.05) is 5.56 Å². The minimum atomic E-state index is -0.778. The van der Waals surface area contributed by atoms with E-state index in [9.17, 15) is 8.78 Å². The third-order valence-electron chi connectivity index (χ3n) is 5.08. The summed E-state index contributed by atoms with van der Waals surface area (Å²) < 4.78 is 33.2. The van der Waals surface area contributed by atoms with E-state index in [1.165, 1.54) is 18.4 Å². The maximum absolute atomic E-state index is 14.0. The summed E-state index contributed by atoms with van der Waals surface area (Å²) in [6, 6.07) is 12.7. The molecule has 0 saturated carbocycles. The Hall–Kier alpha value is -2.16. The number of unbranched alkanes of at least 4 members (excludes halogenated alkanes) is 2. The van der Waals surface area contributed by atoms with Gasteiger partial charge in [0.2, 0.25) is 0 Å². The molecular formula is C23H26F2O. The highest BCUT2D eigenvalue weighted by Gasteiger charge is 2.20. The quantitative estimate of drug-likeness (QED) is 0.491. The third-order valence-corrected chi connectivity index (χ3v) is 5.08. The Bertz CT molecular complexity index is 749. The fourth-order valence-electron chi connectivity index (χ4n) is 3.51. The van der Waals surface area contributed by atoms with Gasteiger partial charge in [0.15, 0.2) is 11.6 Å². The lowest BCUT2D eigenvalue weighted by Gasteiger charge is -2.23.